The van der Waals surface area contributed by atoms with Gasteiger partial charge in [-0.2, -0.15) is 5.10 Å². The summed E-state index contributed by atoms with van der Waals surface area (Å²) in [5, 5.41) is 4.72. The van der Waals surface area contributed by atoms with E-state index in [9.17, 15) is 4.79 Å². The van der Waals surface area contributed by atoms with Gasteiger partial charge in [-0.15, -0.1) is 0 Å². The van der Waals surface area contributed by atoms with Crippen molar-refractivity contribution >= 4 is 23.2 Å². The van der Waals surface area contributed by atoms with E-state index in [-0.39, 0.29) is 5.91 Å². The van der Waals surface area contributed by atoms with Crippen LogP contribution in [0.3, 0.4) is 0 Å². The summed E-state index contributed by atoms with van der Waals surface area (Å²) in [7, 11) is 1.52. The molecule has 0 unspecified atom stereocenters. The number of benzene rings is 1. The number of halogens is 1. The summed E-state index contributed by atoms with van der Waals surface area (Å²) in [6.45, 7) is 0. The maximum absolute atomic E-state index is 12.1. The third-order valence-electron chi connectivity index (χ3n) is 3.87. The minimum atomic E-state index is -0.300. The highest BCUT2D eigenvalue weighted by Gasteiger charge is 2.38. The van der Waals surface area contributed by atoms with Crippen molar-refractivity contribution < 1.29 is 9.53 Å². The van der Waals surface area contributed by atoms with Crippen LogP contribution in [0, 0.1) is 11.8 Å². The van der Waals surface area contributed by atoms with Gasteiger partial charge in [-0.25, -0.2) is 5.43 Å². The van der Waals surface area contributed by atoms with Crippen molar-refractivity contribution in [2.45, 2.75) is 12.8 Å². The molecule has 2 aliphatic carbocycles. The molecule has 1 aromatic carbocycles. The second-order valence-corrected chi connectivity index (χ2v) is 5.46. The molecule has 0 spiro atoms. The summed E-state index contributed by atoms with van der Waals surface area (Å²) in [6, 6.07) is 4.94. The number of nitrogens with zero attached hydrogens (tertiary/aromatic N) is 1. The van der Waals surface area contributed by atoms with Crippen molar-refractivity contribution in [3.63, 3.8) is 0 Å². The third-order valence-corrected chi connectivity index (χ3v) is 4.11. The number of ether oxygens (including phenoxy) is 1. The number of hydrogen-bond acceptors (Lipinski definition) is 3. The first-order valence-electron chi connectivity index (χ1n) is 6.56. The predicted octanol–water partition coefficient (Wildman–Crippen LogP) is 3.03. The van der Waals surface area contributed by atoms with E-state index in [2.05, 4.69) is 22.7 Å². The van der Waals surface area contributed by atoms with Gasteiger partial charge in [0.05, 0.1) is 12.7 Å². The van der Waals surface area contributed by atoms with Gasteiger partial charge in [0, 0.05) is 16.7 Å². The van der Waals surface area contributed by atoms with Gasteiger partial charge in [-0.3, -0.25) is 4.79 Å². The number of rotatable bonds is 3. The molecule has 1 saturated carbocycles. The molecule has 2 aliphatic rings. The van der Waals surface area contributed by atoms with E-state index in [1.165, 1.54) is 7.11 Å². The Morgan fingerprint density at radius 3 is 3.10 bits per heavy atom. The number of carbonyl (C=O) groups is 1. The van der Waals surface area contributed by atoms with Gasteiger partial charge in [-0.05, 0) is 37.0 Å². The number of amides is 1. The van der Waals surface area contributed by atoms with Crippen LogP contribution in [-0.2, 0) is 0 Å². The first-order valence-corrected chi connectivity index (χ1v) is 6.94. The molecule has 1 aromatic rings. The van der Waals surface area contributed by atoms with Crippen LogP contribution in [0.25, 0.3) is 0 Å². The Morgan fingerprint density at radius 1 is 1.50 bits per heavy atom. The van der Waals surface area contributed by atoms with Crippen LogP contribution in [0.1, 0.15) is 23.2 Å². The number of hydrazone groups is 1. The zero-order valence-corrected chi connectivity index (χ0v) is 11.9. The van der Waals surface area contributed by atoms with E-state index < -0.39 is 0 Å². The molecule has 1 amide bonds. The van der Waals surface area contributed by atoms with Crippen molar-refractivity contribution in [2.75, 3.05) is 7.11 Å². The highest BCUT2D eigenvalue weighted by atomic mass is 35.5. The van der Waals surface area contributed by atoms with Crippen molar-refractivity contribution in [1.82, 2.24) is 5.43 Å². The van der Waals surface area contributed by atoms with E-state index in [1.54, 1.807) is 18.2 Å². The van der Waals surface area contributed by atoms with Gasteiger partial charge in [-0.1, -0.05) is 23.8 Å². The van der Waals surface area contributed by atoms with Crippen LogP contribution in [-0.4, -0.2) is 18.7 Å². The molecule has 3 rings (SSSR count). The summed E-state index contributed by atoms with van der Waals surface area (Å²) in [5.41, 5.74) is 4.06. The lowest BCUT2D eigenvalue weighted by Crippen LogP contribution is -2.35. The molecule has 1 N–H and O–H groups in total. The van der Waals surface area contributed by atoms with Crippen molar-refractivity contribution in [3.8, 4) is 5.75 Å². The lowest BCUT2D eigenvalue weighted by atomic mass is 9.74. The monoisotopic (exact) mass is 290 g/mol. The van der Waals surface area contributed by atoms with Gasteiger partial charge in [0.1, 0.15) is 5.75 Å². The summed E-state index contributed by atoms with van der Waals surface area (Å²) < 4.78 is 5.16. The van der Waals surface area contributed by atoms with Crippen LogP contribution in [0.2, 0.25) is 5.02 Å². The maximum Gasteiger partial charge on any atom is 0.275 e. The fraction of sp³-hybridized carbons (Fsp3) is 0.333. The molecule has 0 radical (unpaired) electrons. The number of nitrogens with one attached hydrogen (secondary N) is 1. The smallest absolute Gasteiger partial charge is 0.275 e. The molecule has 0 heterocycles. The minimum Gasteiger partial charge on any atom is -0.496 e. The lowest BCUT2D eigenvalue weighted by Gasteiger charge is -2.31. The normalized spacial score (nSPS) is 25.2. The molecule has 2 atom stereocenters. The summed E-state index contributed by atoms with van der Waals surface area (Å²) in [4.78, 5) is 12.1. The molecule has 5 heteroatoms. The Labute approximate surface area is 122 Å². The minimum absolute atomic E-state index is 0.300. The average molecular weight is 291 g/mol. The molecular formula is C15H15ClN2O2. The SMILES string of the molecule is COc1ccc(Cl)cc1C(=O)N/N=C1\C[C@@H]2C=CC[C@H]12. The number of fused-ring (bicyclic) bond motifs is 1. The topological polar surface area (TPSA) is 50.7 Å². The Hall–Kier alpha value is -1.81. The molecule has 0 aromatic heterocycles. The van der Waals surface area contributed by atoms with Gasteiger partial charge in [0.2, 0.25) is 0 Å². The van der Waals surface area contributed by atoms with Crippen LogP contribution < -0.4 is 10.2 Å². The van der Waals surface area contributed by atoms with Gasteiger partial charge >= 0.3 is 0 Å². The summed E-state index contributed by atoms with van der Waals surface area (Å²) in [6.07, 6.45) is 6.37. The first-order chi connectivity index (χ1) is 9.69. The zero-order chi connectivity index (χ0) is 14.1. The molecule has 4 nitrogen and oxygen atoms in total. The Morgan fingerprint density at radius 2 is 2.35 bits per heavy atom. The Balaban J connectivity index is 1.71. The van der Waals surface area contributed by atoms with Crippen LogP contribution >= 0.6 is 11.6 Å². The average Bonchev–Trinajstić information content (AvgIpc) is 2.80. The standard InChI is InChI=1S/C15H15ClN2O2/c1-20-14-6-5-10(16)8-12(14)15(19)18-17-13-7-9-3-2-4-11(9)13/h2-3,5-6,8-9,11H,4,7H2,1H3,(H,18,19)/b17-13+/t9-,11-/m0/s1. The highest BCUT2D eigenvalue weighted by Crippen LogP contribution is 2.40. The summed E-state index contributed by atoms with van der Waals surface area (Å²) >= 11 is 5.91. The second kappa shape index (κ2) is 5.29. The van der Waals surface area contributed by atoms with E-state index in [0.29, 0.717) is 28.2 Å². The molecule has 0 aliphatic heterocycles. The second-order valence-electron chi connectivity index (χ2n) is 5.03. The number of hydrogen-bond donors (Lipinski definition) is 1. The van der Waals surface area contributed by atoms with Crippen LogP contribution in [0.5, 0.6) is 5.75 Å². The van der Waals surface area contributed by atoms with Crippen LogP contribution in [0.4, 0.5) is 0 Å². The molecule has 0 saturated heterocycles. The number of methoxy groups -OCH3 is 1. The summed E-state index contributed by atoms with van der Waals surface area (Å²) in [5.74, 6) is 1.29. The zero-order valence-electron chi connectivity index (χ0n) is 11.1. The Kier molecular flexibility index (Phi) is 3.49. The van der Waals surface area contributed by atoms with Crippen LogP contribution in [0.15, 0.2) is 35.5 Å². The molecule has 20 heavy (non-hydrogen) atoms. The molecular weight excluding hydrogens is 276 g/mol. The van der Waals surface area contributed by atoms with Gasteiger partial charge in [0.15, 0.2) is 0 Å². The van der Waals surface area contributed by atoms with Crippen molar-refractivity contribution in [1.29, 1.82) is 0 Å². The molecule has 1 fully saturated rings. The van der Waals surface area contributed by atoms with Crippen molar-refractivity contribution in [3.05, 3.63) is 40.9 Å². The van der Waals surface area contributed by atoms with E-state index in [4.69, 9.17) is 16.3 Å². The van der Waals surface area contributed by atoms with Gasteiger partial charge < -0.3 is 4.74 Å². The largest absolute Gasteiger partial charge is 0.496 e. The fourth-order valence-corrected chi connectivity index (χ4v) is 2.88. The quantitative estimate of drug-likeness (QED) is 0.687. The lowest BCUT2D eigenvalue weighted by molar-refractivity contribution is 0.0951. The fourth-order valence-electron chi connectivity index (χ4n) is 2.70. The molecule has 104 valence electrons. The number of allylic oxidation sites excluding steroid dienone is 2. The van der Waals surface area contributed by atoms with E-state index in [1.807, 2.05) is 0 Å². The maximum atomic E-state index is 12.1. The Bertz CT molecular complexity index is 610. The van der Waals surface area contributed by atoms with E-state index in [0.717, 1.165) is 18.6 Å². The van der Waals surface area contributed by atoms with Gasteiger partial charge in [0.25, 0.3) is 5.91 Å². The first kappa shape index (κ1) is 13.2. The predicted molar refractivity (Wildman–Crippen MR) is 78.3 cm³/mol. The third kappa shape index (κ3) is 2.31. The number of carbonyl (C=O) groups excluding carboxylic acids is 1. The highest BCUT2D eigenvalue weighted by molar-refractivity contribution is 6.31. The van der Waals surface area contributed by atoms with E-state index >= 15 is 0 Å². The van der Waals surface area contributed by atoms with Crippen molar-refractivity contribution in [2.24, 2.45) is 16.9 Å². The molecule has 0 bridgehead atoms.